The molecule has 2 saturated heterocycles. The number of amides is 1. The minimum atomic E-state index is -1.81. The third-order valence-electron chi connectivity index (χ3n) is 3.84. The first-order valence-corrected chi connectivity index (χ1v) is 5.52. The number of hydrogen-bond donors (Lipinski definition) is 1. The number of hydrogen-bond acceptors (Lipinski definition) is 6. The summed E-state index contributed by atoms with van der Waals surface area (Å²) in [6.45, 7) is 1.54. The summed E-state index contributed by atoms with van der Waals surface area (Å²) in [5.41, 5.74) is -3.10. The van der Waals surface area contributed by atoms with Crippen molar-refractivity contribution in [3.05, 3.63) is 0 Å². The van der Waals surface area contributed by atoms with Gasteiger partial charge in [0.1, 0.15) is 5.60 Å². The molecule has 0 bridgehead atoms. The van der Waals surface area contributed by atoms with E-state index < -0.39 is 35.2 Å². The van der Waals surface area contributed by atoms with Gasteiger partial charge in [-0.2, -0.15) is 0 Å². The van der Waals surface area contributed by atoms with Crippen molar-refractivity contribution in [2.75, 3.05) is 14.2 Å². The average Bonchev–Trinajstić information content (AvgIpc) is 2.81. The van der Waals surface area contributed by atoms with Crippen LogP contribution in [0.5, 0.6) is 0 Å². The maximum Gasteiger partial charge on any atom is 0.342 e. The molecule has 4 atom stereocenters. The van der Waals surface area contributed by atoms with E-state index >= 15 is 0 Å². The van der Waals surface area contributed by atoms with Gasteiger partial charge >= 0.3 is 5.97 Å². The second-order valence-corrected chi connectivity index (χ2v) is 4.59. The molecule has 0 spiro atoms. The van der Waals surface area contributed by atoms with E-state index in [9.17, 15) is 14.4 Å². The number of carbonyl (C=O) groups is 3. The van der Waals surface area contributed by atoms with E-state index in [2.05, 4.69) is 10.1 Å². The molecule has 0 aliphatic carbocycles. The number of carbonyl (C=O) groups excluding carboxylic acids is 3. The Hall–Kier alpha value is -1.47. The van der Waals surface area contributed by atoms with Gasteiger partial charge < -0.3 is 19.5 Å². The van der Waals surface area contributed by atoms with Crippen molar-refractivity contribution in [3.63, 3.8) is 0 Å². The zero-order chi connectivity index (χ0) is 13.6. The van der Waals surface area contributed by atoms with Crippen LogP contribution in [0.4, 0.5) is 0 Å². The van der Waals surface area contributed by atoms with Crippen LogP contribution in [-0.2, 0) is 28.6 Å². The number of methoxy groups -OCH3 is 2. The average molecular weight is 257 g/mol. The molecule has 18 heavy (non-hydrogen) atoms. The molecule has 0 aromatic rings. The van der Waals surface area contributed by atoms with Crippen molar-refractivity contribution in [3.8, 4) is 0 Å². The van der Waals surface area contributed by atoms with Crippen molar-refractivity contribution >= 4 is 18.2 Å². The number of ether oxygens (including phenoxy) is 3. The molecule has 2 rings (SSSR count). The van der Waals surface area contributed by atoms with Crippen LogP contribution < -0.4 is 5.32 Å². The fraction of sp³-hybridized carbons (Fsp3) is 0.727. The topological polar surface area (TPSA) is 90.9 Å². The van der Waals surface area contributed by atoms with E-state index in [0.717, 1.165) is 7.11 Å². The monoisotopic (exact) mass is 257 g/mol. The minimum Gasteiger partial charge on any atom is -0.467 e. The third-order valence-corrected chi connectivity index (χ3v) is 3.84. The number of aldehydes is 1. The molecule has 0 aromatic carbocycles. The SMILES string of the molecule is COC(=O)[C@]1(C=O)NC(=O)[C@@H]2C[C@H](OC)O[C@@]21C. The van der Waals surface area contributed by atoms with Crippen LogP contribution in [0.15, 0.2) is 0 Å². The molecule has 2 fully saturated rings. The maximum atomic E-state index is 11.9. The molecule has 0 radical (unpaired) electrons. The Morgan fingerprint density at radius 3 is 2.72 bits per heavy atom. The van der Waals surface area contributed by atoms with Crippen LogP contribution >= 0.6 is 0 Å². The lowest BCUT2D eigenvalue weighted by atomic mass is 9.78. The van der Waals surface area contributed by atoms with Gasteiger partial charge in [-0.1, -0.05) is 0 Å². The van der Waals surface area contributed by atoms with Crippen molar-refractivity contribution in [2.24, 2.45) is 5.92 Å². The van der Waals surface area contributed by atoms with Crippen molar-refractivity contribution in [1.82, 2.24) is 5.32 Å². The highest BCUT2D eigenvalue weighted by Gasteiger charge is 2.71. The van der Waals surface area contributed by atoms with E-state index in [0.29, 0.717) is 12.7 Å². The summed E-state index contributed by atoms with van der Waals surface area (Å²) in [6, 6.07) is 0. The van der Waals surface area contributed by atoms with Gasteiger partial charge in [0.2, 0.25) is 11.4 Å². The number of fused-ring (bicyclic) bond motifs is 1. The summed E-state index contributed by atoms with van der Waals surface area (Å²) < 4.78 is 15.2. The molecule has 0 aromatic heterocycles. The Kier molecular flexibility index (Phi) is 2.90. The van der Waals surface area contributed by atoms with Crippen LogP contribution in [-0.4, -0.2) is 49.8 Å². The molecule has 0 saturated carbocycles. The molecule has 1 amide bonds. The quantitative estimate of drug-likeness (QED) is 0.396. The predicted octanol–water partition coefficient (Wildman–Crippen LogP) is -1.01. The Morgan fingerprint density at radius 1 is 1.56 bits per heavy atom. The van der Waals surface area contributed by atoms with Crippen LogP contribution in [0, 0.1) is 5.92 Å². The summed E-state index contributed by atoms with van der Waals surface area (Å²) in [6.07, 6.45) is 0.0511. The molecule has 2 aliphatic rings. The highest BCUT2D eigenvalue weighted by molar-refractivity contribution is 6.08. The second kappa shape index (κ2) is 4.03. The fourth-order valence-electron chi connectivity index (χ4n) is 2.70. The van der Waals surface area contributed by atoms with E-state index in [4.69, 9.17) is 9.47 Å². The zero-order valence-electron chi connectivity index (χ0n) is 10.4. The van der Waals surface area contributed by atoms with Gasteiger partial charge in [0.05, 0.1) is 13.0 Å². The van der Waals surface area contributed by atoms with E-state index in [1.54, 1.807) is 6.92 Å². The second-order valence-electron chi connectivity index (χ2n) is 4.59. The van der Waals surface area contributed by atoms with E-state index in [1.165, 1.54) is 7.11 Å². The summed E-state index contributed by atoms with van der Waals surface area (Å²) in [7, 11) is 2.59. The lowest BCUT2D eigenvalue weighted by Crippen LogP contribution is -2.64. The van der Waals surface area contributed by atoms with Gasteiger partial charge in [-0.3, -0.25) is 9.59 Å². The smallest absolute Gasteiger partial charge is 0.342 e. The largest absolute Gasteiger partial charge is 0.467 e. The van der Waals surface area contributed by atoms with Gasteiger partial charge in [-0.25, -0.2) is 4.79 Å². The molecular weight excluding hydrogens is 242 g/mol. The highest BCUT2D eigenvalue weighted by atomic mass is 16.7. The normalized spacial score (nSPS) is 42.3. The van der Waals surface area contributed by atoms with Crippen LogP contribution in [0.1, 0.15) is 13.3 Å². The van der Waals surface area contributed by atoms with Crippen molar-refractivity contribution in [2.45, 2.75) is 30.8 Å². The molecular formula is C11H15NO6. The summed E-state index contributed by atoms with van der Waals surface area (Å²) in [5.74, 6) is -1.87. The Balaban J connectivity index is 2.47. The van der Waals surface area contributed by atoms with Gasteiger partial charge in [0.15, 0.2) is 12.6 Å². The first-order chi connectivity index (χ1) is 8.45. The standard InChI is InChI=1S/C11H15NO6/c1-10-6(4-7(16-2)18-10)8(14)12-11(10,5-13)9(15)17-3/h5-7H,4H2,1-3H3,(H,12,14)/t6-,7+,10-,11-/m0/s1. The van der Waals surface area contributed by atoms with Crippen LogP contribution in [0.2, 0.25) is 0 Å². The van der Waals surface area contributed by atoms with Gasteiger partial charge in [-0.05, 0) is 6.92 Å². The summed E-state index contributed by atoms with van der Waals surface area (Å²) in [5, 5.41) is 2.39. The zero-order valence-corrected chi connectivity index (χ0v) is 10.4. The van der Waals surface area contributed by atoms with Crippen LogP contribution in [0.3, 0.4) is 0 Å². The Labute approximate surface area is 104 Å². The van der Waals surface area contributed by atoms with Gasteiger partial charge in [-0.15, -0.1) is 0 Å². The molecule has 0 unspecified atom stereocenters. The van der Waals surface area contributed by atoms with Crippen molar-refractivity contribution < 1.29 is 28.6 Å². The molecule has 2 aliphatic heterocycles. The maximum absolute atomic E-state index is 11.9. The first kappa shape index (κ1) is 13.0. The third kappa shape index (κ3) is 1.34. The van der Waals surface area contributed by atoms with E-state index in [-0.39, 0.29) is 0 Å². The number of rotatable bonds is 3. The number of esters is 1. The lowest BCUT2D eigenvalue weighted by Gasteiger charge is -2.34. The lowest BCUT2D eigenvalue weighted by molar-refractivity contribution is -0.186. The minimum absolute atomic E-state index is 0.297. The molecule has 7 heteroatoms. The Morgan fingerprint density at radius 2 is 2.22 bits per heavy atom. The fourth-order valence-corrected chi connectivity index (χ4v) is 2.70. The van der Waals surface area contributed by atoms with Crippen molar-refractivity contribution in [1.29, 1.82) is 0 Å². The predicted molar refractivity (Wildman–Crippen MR) is 57.3 cm³/mol. The summed E-state index contributed by atoms with van der Waals surface area (Å²) in [4.78, 5) is 35.2. The van der Waals surface area contributed by atoms with Gasteiger partial charge in [0.25, 0.3) is 0 Å². The van der Waals surface area contributed by atoms with Gasteiger partial charge in [0, 0.05) is 13.5 Å². The molecule has 2 heterocycles. The highest BCUT2D eigenvalue weighted by Crippen LogP contribution is 2.47. The molecule has 7 nitrogen and oxygen atoms in total. The van der Waals surface area contributed by atoms with E-state index in [1.807, 2.05) is 0 Å². The number of nitrogens with one attached hydrogen (secondary N) is 1. The Bertz CT molecular complexity index is 410. The first-order valence-electron chi connectivity index (χ1n) is 5.52. The molecule has 1 N–H and O–H groups in total. The summed E-state index contributed by atoms with van der Waals surface area (Å²) >= 11 is 0. The molecule has 100 valence electrons. The van der Waals surface area contributed by atoms with Crippen LogP contribution in [0.25, 0.3) is 0 Å².